The van der Waals surface area contributed by atoms with Crippen LogP contribution in [0.25, 0.3) is 0 Å². The van der Waals surface area contributed by atoms with E-state index in [1.807, 2.05) is 13.8 Å². The topological polar surface area (TPSA) is 58.6 Å². The molecule has 0 aliphatic heterocycles. The van der Waals surface area contributed by atoms with Gasteiger partial charge >= 0.3 is 5.97 Å². The zero-order valence-electron chi connectivity index (χ0n) is 9.46. The number of ether oxygens (including phenoxy) is 1. The molecule has 0 aromatic rings. The molecule has 0 rings (SSSR count). The van der Waals surface area contributed by atoms with Gasteiger partial charge in [0.05, 0.1) is 19.6 Å². The molecule has 2 atom stereocenters. The van der Waals surface area contributed by atoms with Crippen LogP contribution in [0.3, 0.4) is 0 Å². The number of carbonyl (C=O) groups excluding carboxylic acids is 1. The molecule has 0 heterocycles. The van der Waals surface area contributed by atoms with Crippen molar-refractivity contribution in [3.05, 3.63) is 0 Å². The Bertz CT molecular complexity index is 178. The average molecular weight is 203 g/mol. The number of methoxy groups -OCH3 is 1. The Hall–Kier alpha value is -0.610. The molecule has 0 radical (unpaired) electrons. The fraction of sp³-hybridized carbons (Fsp3) is 0.900. The number of aliphatic hydroxyl groups is 1. The van der Waals surface area contributed by atoms with Gasteiger partial charge in [0, 0.05) is 12.1 Å². The number of carbonyl (C=O) groups is 1. The molecule has 0 aromatic carbocycles. The van der Waals surface area contributed by atoms with Crippen LogP contribution in [0, 0.1) is 5.92 Å². The summed E-state index contributed by atoms with van der Waals surface area (Å²) < 4.78 is 4.60. The van der Waals surface area contributed by atoms with Crippen LogP contribution >= 0.6 is 0 Å². The lowest BCUT2D eigenvalue weighted by Gasteiger charge is -2.28. The van der Waals surface area contributed by atoms with Crippen molar-refractivity contribution < 1.29 is 14.6 Å². The Kier molecular flexibility index (Phi) is 5.72. The second kappa shape index (κ2) is 5.98. The molecular weight excluding hydrogens is 182 g/mol. The van der Waals surface area contributed by atoms with Crippen LogP contribution in [0.2, 0.25) is 0 Å². The molecule has 0 aromatic heterocycles. The first-order valence-electron chi connectivity index (χ1n) is 4.92. The molecule has 2 unspecified atom stereocenters. The Morgan fingerprint density at radius 2 is 2.21 bits per heavy atom. The van der Waals surface area contributed by atoms with Gasteiger partial charge in [-0.3, -0.25) is 4.79 Å². The van der Waals surface area contributed by atoms with Gasteiger partial charge in [0.15, 0.2) is 0 Å². The summed E-state index contributed by atoms with van der Waals surface area (Å²) in [6, 6.07) is 0. The first-order valence-corrected chi connectivity index (χ1v) is 4.92. The largest absolute Gasteiger partial charge is 0.469 e. The molecule has 2 N–H and O–H groups in total. The Morgan fingerprint density at radius 1 is 1.64 bits per heavy atom. The fourth-order valence-corrected chi connectivity index (χ4v) is 0.977. The Balaban J connectivity index is 3.97. The van der Waals surface area contributed by atoms with Gasteiger partial charge in [0.25, 0.3) is 0 Å². The van der Waals surface area contributed by atoms with Gasteiger partial charge in [-0.1, -0.05) is 13.8 Å². The third-order valence-corrected chi connectivity index (χ3v) is 2.57. The van der Waals surface area contributed by atoms with Crippen LogP contribution in [0.15, 0.2) is 0 Å². The molecule has 0 spiro atoms. The molecule has 0 saturated carbocycles. The van der Waals surface area contributed by atoms with Gasteiger partial charge in [-0.15, -0.1) is 0 Å². The summed E-state index contributed by atoms with van der Waals surface area (Å²) in [5.41, 5.74) is -0.303. The lowest BCUT2D eigenvalue weighted by Crippen LogP contribution is -2.47. The molecular formula is C10H21NO3. The molecule has 0 aliphatic carbocycles. The lowest BCUT2D eigenvalue weighted by molar-refractivity contribution is -0.144. The predicted molar refractivity (Wildman–Crippen MR) is 55.0 cm³/mol. The van der Waals surface area contributed by atoms with Gasteiger partial charge in [0.2, 0.25) is 0 Å². The second-order valence-electron chi connectivity index (χ2n) is 3.88. The van der Waals surface area contributed by atoms with Crippen LogP contribution in [0.1, 0.15) is 27.2 Å². The summed E-state index contributed by atoms with van der Waals surface area (Å²) in [4.78, 5) is 11.1. The van der Waals surface area contributed by atoms with Gasteiger partial charge in [-0.05, 0) is 13.3 Å². The number of rotatable bonds is 6. The number of hydrogen-bond acceptors (Lipinski definition) is 4. The zero-order valence-corrected chi connectivity index (χ0v) is 9.46. The third kappa shape index (κ3) is 4.07. The standard InChI is InChI=1S/C10H21NO3/c1-5-10(3,7-12)11-6-8(2)9(13)14-4/h8,11-12H,5-7H2,1-4H3. The normalized spacial score (nSPS) is 17.2. The minimum absolute atomic E-state index is 0.0669. The van der Waals surface area contributed by atoms with Crippen LogP contribution in [0.5, 0.6) is 0 Å². The van der Waals surface area contributed by atoms with Crippen LogP contribution in [-0.2, 0) is 9.53 Å². The highest BCUT2D eigenvalue weighted by Crippen LogP contribution is 2.08. The summed E-state index contributed by atoms with van der Waals surface area (Å²) >= 11 is 0. The number of aliphatic hydroxyl groups excluding tert-OH is 1. The van der Waals surface area contributed by atoms with Crippen molar-refractivity contribution in [3.8, 4) is 0 Å². The monoisotopic (exact) mass is 203 g/mol. The maximum atomic E-state index is 11.1. The van der Waals surface area contributed by atoms with E-state index in [0.717, 1.165) is 6.42 Å². The maximum Gasteiger partial charge on any atom is 0.309 e. The minimum Gasteiger partial charge on any atom is -0.469 e. The molecule has 0 saturated heterocycles. The van der Waals surface area contributed by atoms with Crippen molar-refractivity contribution in [2.45, 2.75) is 32.7 Å². The number of nitrogens with one attached hydrogen (secondary N) is 1. The minimum atomic E-state index is -0.303. The highest BCUT2D eigenvalue weighted by atomic mass is 16.5. The Morgan fingerprint density at radius 3 is 2.57 bits per heavy atom. The molecule has 84 valence electrons. The van der Waals surface area contributed by atoms with E-state index in [1.165, 1.54) is 7.11 Å². The van der Waals surface area contributed by atoms with E-state index in [9.17, 15) is 4.79 Å². The number of hydrogen-bond donors (Lipinski definition) is 2. The molecule has 0 amide bonds. The van der Waals surface area contributed by atoms with Crippen molar-refractivity contribution in [2.75, 3.05) is 20.3 Å². The Labute approximate surface area is 85.6 Å². The first-order chi connectivity index (χ1) is 6.49. The van der Waals surface area contributed by atoms with E-state index in [1.54, 1.807) is 6.92 Å². The van der Waals surface area contributed by atoms with Crippen molar-refractivity contribution in [3.63, 3.8) is 0 Å². The SMILES string of the molecule is CCC(C)(CO)NCC(C)C(=O)OC. The fourth-order valence-electron chi connectivity index (χ4n) is 0.977. The quantitative estimate of drug-likeness (QED) is 0.619. The highest BCUT2D eigenvalue weighted by Gasteiger charge is 2.22. The lowest BCUT2D eigenvalue weighted by atomic mass is 9.99. The molecule has 0 fully saturated rings. The summed E-state index contributed by atoms with van der Waals surface area (Å²) in [5.74, 6) is -0.411. The molecule has 0 aliphatic rings. The molecule has 14 heavy (non-hydrogen) atoms. The van der Waals surface area contributed by atoms with E-state index in [-0.39, 0.29) is 24.0 Å². The molecule has 4 heteroatoms. The summed E-state index contributed by atoms with van der Waals surface area (Å²) in [5, 5.41) is 12.3. The molecule has 0 bridgehead atoms. The van der Waals surface area contributed by atoms with Gasteiger partial charge < -0.3 is 15.2 Å². The summed E-state index contributed by atoms with van der Waals surface area (Å²) in [6.07, 6.45) is 0.817. The van der Waals surface area contributed by atoms with Crippen molar-refractivity contribution in [1.29, 1.82) is 0 Å². The summed E-state index contributed by atoms with van der Waals surface area (Å²) in [7, 11) is 1.38. The van der Waals surface area contributed by atoms with Crippen molar-refractivity contribution in [2.24, 2.45) is 5.92 Å². The zero-order chi connectivity index (χ0) is 11.2. The second-order valence-corrected chi connectivity index (χ2v) is 3.88. The smallest absolute Gasteiger partial charge is 0.309 e. The summed E-state index contributed by atoms with van der Waals surface area (Å²) in [6.45, 7) is 6.31. The maximum absolute atomic E-state index is 11.1. The third-order valence-electron chi connectivity index (χ3n) is 2.57. The molecule has 4 nitrogen and oxygen atoms in total. The first kappa shape index (κ1) is 13.4. The van der Waals surface area contributed by atoms with Crippen LogP contribution < -0.4 is 5.32 Å². The number of esters is 1. The van der Waals surface area contributed by atoms with Gasteiger partial charge in [-0.25, -0.2) is 0 Å². The van der Waals surface area contributed by atoms with Crippen LogP contribution in [-0.4, -0.2) is 36.9 Å². The van der Waals surface area contributed by atoms with Crippen LogP contribution in [0.4, 0.5) is 0 Å². The van der Waals surface area contributed by atoms with Gasteiger partial charge in [-0.2, -0.15) is 0 Å². The average Bonchev–Trinajstić information content (AvgIpc) is 2.24. The predicted octanol–water partition coefficient (Wildman–Crippen LogP) is 0.546. The van der Waals surface area contributed by atoms with Crippen molar-refractivity contribution in [1.82, 2.24) is 5.32 Å². The van der Waals surface area contributed by atoms with Gasteiger partial charge in [0.1, 0.15) is 0 Å². The van der Waals surface area contributed by atoms with E-state index >= 15 is 0 Å². The van der Waals surface area contributed by atoms with E-state index in [2.05, 4.69) is 10.1 Å². The van der Waals surface area contributed by atoms with E-state index in [0.29, 0.717) is 6.54 Å². The van der Waals surface area contributed by atoms with E-state index < -0.39 is 0 Å². The highest BCUT2D eigenvalue weighted by molar-refractivity contribution is 5.72. The van der Waals surface area contributed by atoms with E-state index in [4.69, 9.17) is 5.11 Å². The van der Waals surface area contributed by atoms with Crippen molar-refractivity contribution >= 4 is 5.97 Å².